The first-order valence-electron chi connectivity index (χ1n) is 5.48. The summed E-state index contributed by atoms with van der Waals surface area (Å²) in [7, 11) is 1.88. The second-order valence-electron chi connectivity index (χ2n) is 3.95. The highest BCUT2D eigenvalue weighted by Crippen LogP contribution is 2.26. The van der Waals surface area contributed by atoms with E-state index >= 15 is 0 Å². The highest BCUT2D eigenvalue weighted by atomic mass is 32.1. The molecule has 17 heavy (non-hydrogen) atoms. The van der Waals surface area contributed by atoms with Crippen LogP contribution in [0.25, 0.3) is 0 Å². The molecule has 2 rings (SSSR count). The molecule has 1 aromatic carbocycles. The third-order valence-electron chi connectivity index (χ3n) is 2.29. The highest BCUT2D eigenvalue weighted by Gasteiger charge is 2.09. The van der Waals surface area contributed by atoms with Crippen molar-refractivity contribution in [1.29, 1.82) is 0 Å². The van der Waals surface area contributed by atoms with E-state index in [9.17, 15) is 0 Å². The fourth-order valence-electron chi connectivity index (χ4n) is 1.29. The van der Waals surface area contributed by atoms with Gasteiger partial charge in [-0.3, -0.25) is 0 Å². The van der Waals surface area contributed by atoms with Crippen LogP contribution < -0.4 is 10.1 Å². The minimum Gasteiger partial charge on any atom is -0.430 e. The largest absolute Gasteiger partial charge is 0.430 e. The van der Waals surface area contributed by atoms with Crippen molar-refractivity contribution >= 4 is 17.2 Å². The zero-order valence-corrected chi connectivity index (χ0v) is 10.9. The Morgan fingerprint density at radius 1 is 1.24 bits per heavy atom. The minimum absolute atomic E-state index is 0.329. The Kier molecular flexibility index (Phi) is 3.58. The standard InChI is InChI=1S/C12H15N3OS/c1-8(2)11-14-12(17-15-11)16-10-6-4-9(13-3)5-7-10/h4-8,13H,1-3H3. The van der Waals surface area contributed by atoms with E-state index in [0.29, 0.717) is 11.1 Å². The molecule has 1 heterocycles. The molecule has 1 aromatic heterocycles. The number of rotatable bonds is 4. The second-order valence-corrected chi connectivity index (χ2v) is 4.66. The molecule has 1 N–H and O–H groups in total. The van der Waals surface area contributed by atoms with Crippen LogP contribution in [0.1, 0.15) is 25.6 Å². The van der Waals surface area contributed by atoms with E-state index in [1.165, 1.54) is 11.5 Å². The van der Waals surface area contributed by atoms with Crippen LogP contribution in [0.2, 0.25) is 0 Å². The van der Waals surface area contributed by atoms with E-state index in [1.807, 2.05) is 31.3 Å². The van der Waals surface area contributed by atoms with Crippen LogP contribution in [0.4, 0.5) is 5.69 Å². The number of nitrogens with zero attached hydrogens (tertiary/aromatic N) is 2. The topological polar surface area (TPSA) is 47.0 Å². The molecule has 0 atom stereocenters. The van der Waals surface area contributed by atoms with Gasteiger partial charge >= 0.3 is 0 Å². The molecular formula is C12H15N3OS. The number of benzene rings is 1. The van der Waals surface area contributed by atoms with Gasteiger partial charge in [-0.25, -0.2) is 0 Å². The average Bonchev–Trinajstić information content (AvgIpc) is 2.79. The van der Waals surface area contributed by atoms with Crippen LogP contribution in [0, 0.1) is 0 Å². The third kappa shape index (κ3) is 2.94. The Bertz CT molecular complexity index is 479. The minimum atomic E-state index is 0.329. The maximum atomic E-state index is 5.63. The predicted molar refractivity (Wildman–Crippen MR) is 70.1 cm³/mol. The summed E-state index contributed by atoms with van der Waals surface area (Å²) in [5.41, 5.74) is 1.05. The van der Waals surface area contributed by atoms with Gasteiger partial charge in [0.15, 0.2) is 0 Å². The van der Waals surface area contributed by atoms with Crippen LogP contribution in [-0.4, -0.2) is 16.4 Å². The zero-order valence-electron chi connectivity index (χ0n) is 10.1. The van der Waals surface area contributed by atoms with Crippen LogP contribution >= 0.6 is 11.5 Å². The fraction of sp³-hybridized carbons (Fsp3) is 0.333. The Morgan fingerprint density at radius 3 is 2.47 bits per heavy atom. The zero-order chi connectivity index (χ0) is 12.3. The lowest BCUT2D eigenvalue weighted by Gasteiger charge is -2.03. The van der Waals surface area contributed by atoms with Gasteiger partial charge in [0, 0.05) is 30.2 Å². The summed E-state index contributed by atoms with van der Waals surface area (Å²) >= 11 is 1.28. The Balaban J connectivity index is 2.08. The van der Waals surface area contributed by atoms with E-state index in [4.69, 9.17) is 4.74 Å². The summed E-state index contributed by atoms with van der Waals surface area (Å²) in [6.07, 6.45) is 0. The molecule has 5 heteroatoms. The van der Waals surface area contributed by atoms with Crippen molar-refractivity contribution in [2.24, 2.45) is 0 Å². The lowest BCUT2D eigenvalue weighted by molar-refractivity contribution is 0.476. The van der Waals surface area contributed by atoms with Gasteiger partial charge in [-0.2, -0.15) is 9.36 Å². The molecule has 0 spiro atoms. The van der Waals surface area contributed by atoms with E-state index < -0.39 is 0 Å². The molecule has 0 fully saturated rings. The number of anilines is 1. The predicted octanol–water partition coefficient (Wildman–Crippen LogP) is 3.50. The van der Waals surface area contributed by atoms with Gasteiger partial charge in [0.05, 0.1) is 0 Å². The molecule has 0 aliphatic carbocycles. The van der Waals surface area contributed by atoms with E-state index in [1.54, 1.807) is 0 Å². The number of hydrogen-bond donors (Lipinski definition) is 1. The fourth-order valence-corrected chi connectivity index (χ4v) is 1.98. The lowest BCUT2D eigenvalue weighted by Crippen LogP contribution is -1.90. The molecule has 0 amide bonds. The first-order chi connectivity index (χ1) is 8.19. The first-order valence-corrected chi connectivity index (χ1v) is 6.25. The monoisotopic (exact) mass is 249 g/mol. The lowest BCUT2D eigenvalue weighted by atomic mass is 10.2. The van der Waals surface area contributed by atoms with E-state index in [0.717, 1.165) is 17.3 Å². The van der Waals surface area contributed by atoms with Crippen molar-refractivity contribution in [1.82, 2.24) is 9.36 Å². The maximum absolute atomic E-state index is 5.63. The van der Waals surface area contributed by atoms with Gasteiger partial charge in [-0.1, -0.05) is 13.8 Å². The van der Waals surface area contributed by atoms with Crippen LogP contribution in [0.5, 0.6) is 10.9 Å². The summed E-state index contributed by atoms with van der Waals surface area (Å²) in [5.74, 6) is 1.93. The van der Waals surface area contributed by atoms with E-state index in [2.05, 4.69) is 28.5 Å². The summed E-state index contributed by atoms with van der Waals surface area (Å²) in [6, 6.07) is 7.73. The third-order valence-corrected chi connectivity index (χ3v) is 2.90. The molecular weight excluding hydrogens is 234 g/mol. The quantitative estimate of drug-likeness (QED) is 0.901. The van der Waals surface area contributed by atoms with Crippen LogP contribution in [-0.2, 0) is 0 Å². The van der Waals surface area contributed by atoms with Crippen LogP contribution in [0.15, 0.2) is 24.3 Å². The first kappa shape index (κ1) is 11.9. The van der Waals surface area contributed by atoms with Crippen molar-refractivity contribution in [2.75, 3.05) is 12.4 Å². The summed E-state index contributed by atoms with van der Waals surface area (Å²) in [5, 5.41) is 3.64. The van der Waals surface area contributed by atoms with Gasteiger partial charge in [0.25, 0.3) is 5.19 Å². The summed E-state index contributed by atoms with van der Waals surface area (Å²) in [6.45, 7) is 4.13. The van der Waals surface area contributed by atoms with Gasteiger partial charge in [-0.15, -0.1) is 0 Å². The Hall–Kier alpha value is -1.62. The molecule has 0 aliphatic rings. The van der Waals surface area contributed by atoms with Crippen molar-refractivity contribution in [2.45, 2.75) is 19.8 Å². The van der Waals surface area contributed by atoms with Crippen molar-refractivity contribution in [3.05, 3.63) is 30.1 Å². The molecule has 4 nitrogen and oxygen atoms in total. The van der Waals surface area contributed by atoms with E-state index in [-0.39, 0.29) is 0 Å². The molecule has 0 saturated carbocycles. The average molecular weight is 249 g/mol. The molecule has 0 saturated heterocycles. The normalized spacial score (nSPS) is 10.6. The van der Waals surface area contributed by atoms with Gasteiger partial charge in [-0.05, 0) is 24.3 Å². The molecule has 90 valence electrons. The molecule has 0 radical (unpaired) electrons. The van der Waals surface area contributed by atoms with Crippen molar-refractivity contribution in [3.63, 3.8) is 0 Å². The molecule has 0 unspecified atom stereocenters. The molecule has 0 aliphatic heterocycles. The van der Waals surface area contributed by atoms with Crippen molar-refractivity contribution < 1.29 is 4.74 Å². The second kappa shape index (κ2) is 5.14. The summed E-state index contributed by atoms with van der Waals surface area (Å²) < 4.78 is 9.86. The van der Waals surface area contributed by atoms with Gasteiger partial charge in [0.1, 0.15) is 11.6 Å². The highest BCUT2D eigenvalue weighted by molar-refractivity contribution is 7.07. The van der Waals surface area contributed by atoms with Gasteiger partial charge < -0.3 is 10.1 Å². The Labute approximate surface area is 105 Å². The SMILES string of the molecule is CNc1ccc(Oc2nc(C(C)C)ns2)cc1. The van der Waals surface area contributed by atoms with Gasteiger partial charge in [0.2, 0.25) is 0 Å². The Morgan fingerprint density at radius 2 is 1.94 bits per heavy atom. The number of nitrogens with one attached hydrogen (secondary N) is 1. The summed E-state index contributed by atoms with van der Waals surface area (Å²) in [4.78, 5) is 4.32. The number of hydrogen-bond acceptors (Lipinski definition) is 5. The van der Waals surface area contributed by atoms with Crippen molar-refractivity contribution in [3.8, 4) is 10.9 Å². The molecule has 0 bridgehead atoms. The number of ether oxygens (including phenoxy) is 1. The van der Waals surface area contributed by atoms with Crippen LogP contribution in [0.3, 0.4) is 0 Å². The molecule has 2 aromatic rings. The number of aromatic nitrogens is 2. The smallest absolute Gasteiger partial charge is 0.298 e. The maximum Gasteiger partial charge on any atom is 0.298 e.